The van der Waals surface area contributed by atoms with Crippen molar-refractivity contribution in [2.24, 2.45) is 0 Å². The van der Waals surface area contributed by atoms with Crippen molar-refractivity contribution >= 4 is 54.0 Å². The second kappa shape index (κ2) is 40.5. The lowest BCUT2D eigenvalue weighted by molar-refractivity contribution is -0.167. The summed E-state index contributed by atoms with van der Waals surface area (Å²) in [6.45, 7) is 1.42. The first-order chi connectivity index (χ1) is 36.4. The first-order valence-corrected chi connectivity index (χ1v) is 26.9. The zero-order valence-electron chi connectivity index (χ0n) is 43.7. The van der Waals surface area contributed by atoms with E-state index in [2.05, 4.69) is 0 Å². The van der Waals surface area contributed by atoms with E-state index in [-0.39, 0.29) is 44.4 Å². The standard InChI is InChI=1S/C60H80O15/c61-55(62)40-31-48-25-34-51(35-26-48)70-43-19-13-7-1-4-10-16-22-58(67)73-46-54(75-60(69)24-18-12-6-3-9-15-21-45-72-53-38-29-50(30-39-53)33-42-57(65)66)47-74-59(68)23-17-11-5-2-8-14-20-44-71-52-36-27-49(28-37-52)32-41-56(63)64/h25-42,54H,1-24,43-47H2,(H,61,62)(H,63,64)(H,65,66). The summed E-state index contributed by atoms with van der Waals surface area (Å²) in [6, 6.07) is 21.8. The van der Waals surface area contributed by atoms with Crippen LogP contribution in [0.4, 0.5) is 0 Å². The number of carbonyl (C=O) groups excluding carboxylic acids is 3. The normalized spacial score (nSPS) is 11.7. The Morgan fingerprint density at radius 1 is 0.347 bits per heavy atom. The first kappa shape index (κ1) is 62.4. The molecule has 0 spiro atoms. The average Bonchev–Trinajstić information content (AvgIpc) is 3.40. The Morgan fingerprint density at radius 2 is 0.600 bits per heavy atom. The molecule has 0 fully saturated rings. The maximum Gasteiger partial charge on any atom is 0.328 e. The lowest BCUT2D eigenvalue weighted by Gasteiger charge is -2.18. The lowest BCUT2D eigenvalue weighted by Crippen LogP contribution is -2.30. The number of benzene rings is 3. The molecule has 0 heterocycles. The van der Waals surface area contributed by atoms with Crippen LogP contribution in [0, 0.1) is 0 Å². The van der Waals surface area contributed by atoms with E-state index in [0.717, 1.165) is 168 Å². The van der Waals surface area contributed by atoms with Gasteiger partial charge in [-0.1, -0.05) is 133 Å². The predicted octanol–water partition coefficient (Wildman–Crippen LogP) is 12.9. The highest BCUT2D eigenvalue weighted by Gasteiger charge is 2.19. The highest BCUT2D eigenvalue weighted by molar-refractivity contribution is 5.86. The Hall–Kier alpha value is -6.90. The third-order valence-electron chi connectivity index (χ3n) is 11.9. The van der Waals surface area contributed by atoms with Crippen molar-refractivity contribution in [2.75, 3.05) is 33.0 Å². The van der Waals surface area contributed by atoms with Crippen molar-refractivity contribution in [1.29, 1.82) is 0 Å². The van der Waals surface area contributed by atoms with Gasteiger partial charge in [0.25, 0.3) is 0 Å². The van der Waals surface area contributed by atoms with Gasteiger partial charge >= 0.3 is 35.8 Å². The van der Waals surface area contributed by atoms with E-state index in [1.807, 2.05) is 72.8 Å². The summed E-state index contributed by atoms with van der Waals surface area (Å²) in [6.07, 6.45) is 27.4. The third kappa shape index (κ3) is 34.3. The fourth-order valence-corrected chi connectivity index (χ4v) is 7.74. The molecule has 0 saturated carbocycles. The van der Waals surface area contributed by atoms with E-state index >= 15 is 0 Å². The number of unbranched alkanes of at least 4 members (excludes halogenated alkanes) is 18. The molecule has 0 aliphatic heterocycles. The van der Waals surface area contributed by atoms with Crippen molar-refractivity contribution in [1.82, 2.24) is 0 Å². The number of carboxylic acid groups (broad SMARTS) is 3. The minimum Gasteiger partial charge on any atom is -0.494 e. The number of ether oxygens (including phenoxy) is 6. The molecular formula is C60H80O15. The van der Waals surface area contributed by atoms with Gasteiger partial charge < -0.3 is 43.7 Å². The summed E-state index contributed by atoms with van der Waals surface area (Å²) < 4.78 is 34.1. The largest absolute Gasteiger partial charge is 0.494 e. The van der Waals surface area contributed by atoms with Crippen LogP contribution < -0.4 is 14.2 Å². The molecule has 0 atom stereocenters. The van der Waals surface area contributed by atoms with Gasteiger partial charge in [-0.15, -0.1) is 0 Å². The van der Waals surface area contributed by atoms with Crippen LogP contribution in [0.3, 0.4) is 0 Å². The van der Waals surface area contributed by atoms with E-state index in [0.29, 0.717) is 39.1 Å². The zero-order valence-corrected chi connectivity index (χ0v) is 43.7. The summed E-state index contributed by atoms with van der Waals surface area (Å²) in [5.74, 6) is -1.94. The summed E-state index contributed by atoms with van der Waals surface area (Å²) in [5, 5.41) is 26.3. The van der Waals surface area contributed by atoms with Crippen LogP contribution in [0.1, 0.15) is 171 Å². The minimum absolute atomic E-state index is 0.186. The number of hydrogen-bond acceptors (Lipinski definition) is 12. The van der Waals surface area contributed by atoms with Crippen LogP contribution in [0.5, 0.6) is 17.2 Å². The predicted molar refractivity (Wildman–Crippen MR) is 288 cm³/mol. The highest BCUT2D eigenvalue weighted by Crippen LogP contribution is 2.19. The molecule has 0 radical (unpaired) electrons. The van der Waals surface area contributed by atoms with Crippen LogP contribution in [-0.4, -0.2) is 90.3 Å². The fourth-order valence-electron chi connectivity index (χ4n) is 7.74. The summed E-state index contributed by atoms with van der Waals surface area (Å²) >= 11 is 0. The fraction of sp³-hybridized carbons (Fsp3) is 0.500. The topological polar surface area (TPSA) is 218 Å². The monoisotopic (exact) mass is 1040 g/mol. The molecule has 0 amide bonds. The average molecular weight is 1040 g/mol. The molecule has 75 heavy (non-hydrogen) atoms. The van der Waals surface area contributed by atoms with E-state index in [4.69, 9.17) is 43.7 Å². The van der Waals surface area contributed by atoms with Gasteiger partial charge in [0.05, 0.1) is 19.8 Å². The zero-order chi connectivity index (χ0) is 54.0. The highest BCUT2D eigenvalue weighted by atomic mass is 16.6. The van der Waals surface area contributed by atoms with Crippen LogP contribution in [0.15, 0.2) is 91.0 Å². The van der Waals surface area contributed by atoms with Crippen molar-refractivity contribution in [3.63, 3.8) is 0 Å². The quantitative estimate of drug-likeness (QED) is 0.0208. The Labute approximate surface area is 443 Å². The number of hydrogen-bond donors (Lipinski definition) is 3. The molecule has 3 rings (SSSR count). The third-order valence-corrected chi connectivity index (χ3v) is 11.9. The van der Waals surface area contributed by atoms with E-state index < -0.39 is 30.0 Å². The van der Waals surface area contributed by atoms with Crippen molar-refractivity contribution in [3.8, 4) is 17.2 Å². The van der Waals surface area contributed by atoms with Crippen LogP contribution >= 0.6 is 0 Å². The molecule has 15 nitrogen and oxygen atoms in total. The Kier molecular flexibility index (Phi) is 33.7. The molecular weight excluding hydrogens is 961 g/mol. The summed E-state index contributed by atoms with van der Waals surface area (Å²) in [4.78, 5) is 70.4. The van der Waals surface area contributed by atoms with E-state index in [1.54, 1.807) is 0 Å². The number of aliphatic carboxylic acids is 3. The Bertz CT molecular complexity index is 2060. The SMILES string of the molecule is O=C(O)C=Cc1ccc(OCCCCCCCCCC(=O)OCC(COC(=O)CCCCCCCCCOc2ccc(C=CC(=O)O)cc2)OC(=O)CCCCCCCCCOc2ccc(C=CC(=O)O)cc2)cc1. The Balaban J connectivity index is 1.27. The van der Waals surface area contributed by atoms with Gasteiger partial charge in [-0.2, -0.15) is 0 Å². The smallest absolute Gasteiger partial charge is 0.328 e. The van der Waals surface area contributed by atoms with Crippen molar-refractivity contribution in [3.05, 3.63) is 108 Å². The molecule has 0 saturated heterocycles. The second-order valence-corrected chi connectivity index (χ2v) is 18.4. The molecule has 0 aliphatic carbocycles. The van der Waals surface area contributed by atoms with Crippen LogP contribution in [0.25, 0.3) is 18.2 Å². The molecule has 0 aromatic heterocycles. The molecule has 15 heteroatoms. The molecule has 0 aliphatic rings. The molecule has 3 aromatic carbocycles. The van der Waals surface area contributed by atoms with Gasteiger partial charge in [0.15, 0.2) is 6.10 Å². The van der Waals surface area contributed by atoms with Gasteiger partial charge in [-0.3, -0.25) is 14.4 Å². The number of rotatable bonds is 44. The van der Waals surface area contributed by atoms with Crippen molar-refractivity contribution < 1.29 is 72.5 Å². The maximum atomic E-state index is 12.9. The van der Waals surface area contributed by atoms with Crippen LogP contribution in [-0.2, 0) is 43.0 Å². The van der Waals surface area contributed by atoms with Gasteiger partial charge in [0, 0.05) is 37.5 Å². The second-order valence-electron chi connectivity index (χ2n) is 18.4. The molecule has 3 N–H and O–H groups in total. The van der Waals surface area contributed by atoms with Gasteiger partial charge in [-0.25, -0.2) is 14.4 Å². The van der Waals surface area contributed by atoms with Crippen LogP contribution in [0.2, 0.25) is 0 Å². The molecule has 410 valence electrons. The Morgan fingerprint density at radius 3 is 0.880 bits per heavy atom. The lowest BCUT2D eigenvalue weighted by atomic mass is 10.1. The molecule has 0 bridgehead atoms. The van der Waals surface area contributed by atoms with Crippen molar-refractivity contribution in [2.45, 2.75) is 160 Å². The molecule has 3 aromatic rings. The molecule has 0 unspecified atom stereocenters. The maximum absolute atomic E-state index is 12.9. The number of carboxylic acids is 3. The van der Waals surface area contributed by atoms with Gasteiger partial charge in [0.2, 0.25) is 0 Å². The summed E-state index contributed by atoms with van der Waals surface area (Å²) in [7, 11) is 0. The summed E-state index contributed by atoms with van der Waals surface area (Å²) in [5.41, 5.74) is 2.37. The number of carbonyl (C=O) groups is 6. The minimum atomic E-state index is -0.992. The van der Waals surface area contributed by atoms with Gasteiger partial charge in [0.1, 0.15) is 30.5 Å². The first-order valence-electron chi connectivity index (χ1n) is 26.9. The van der Waals surface area contributed by atoms with E-state index in [1.165, 1.54) is 18.2 Å². The van der Waals surface area contributed by atoms with E-state index in [9.17, 15) is 28.8 Å². The number of esters is 3. The van der Waals surface area contributed by atoms with Gasteiger partial charge in [-0.05, 0) is 110 Å².